The van der Waals surface area contributed by atoms with Crippen molar-refractivity contribution in [2.45, 2.75) is 302 Å². The summed E-state index contributed by atoms with van der Waals surface area (Å²) in [7, 11) is 1.16. The number of carbonyl (C=O) groups is 2. The highest BCUT2D eigenvalue weighted by atomic mass is 31.2. The Morgan fingerprint density at radius 2 is 0.695 bits per heavy atom. The van der Waals surface area contributed by atoms with Gasteiger partial charge in [0.05, 0.1) is 27.7 Å². The van der Waals surface area contributed by atoms with Gasteiger partial charge in [0.2, 0.25) is 0 Å². The Bertz CT molecular complexity index is 1710. The van der Waals surface area contributed by atoms with Crippen LogP contribution in [0.3, 0.4) is 0 Å². The molecule has 2 unspecified atom stereocenters. The lowest BCUT2D eigenvalue weighted by atomic mass is 10.0. The normalized spacial score (nSPS) is 13.8. The van der Waals surface area contributed by atoms with E-state index in [1.54, 1.807) is 0 Å². The van der Waals surface area contributed by atoms with Crippen molar-refractivity contribution >= 4 is 19.8 Å². The standard InChI is InChI=1S/C72H128NO8P/c1-6-8-10-12-14-16-18-20-22-24-26-28-30-32-33-34-35-36-37-38-39-41-43-45-47-49-51-53-55-57-59-61-63-65-72(75)81-70(69-80-82(76,77)79-67-66-73(3,4)5)68-78-71(74)64-62-60-58-56-54-52-50-48-46-44-42-40-31-29-27-25-23-21-19-17-15-13-11-9-7-2/h8,10,14,16,20,22,26,28,32-33,35-36,38-39,43,45,70H,6-7,9,11-13,15,17-19,21,23-25,27,29-31,34,37,40-42,44,46-69H2,1-5H3/b10-8-,16-14-,22-20-,28-26-,33-32-,36-35-,39-38-,45-43-. The lowest BCUT2D eigenvalue weighted by Crippen LogP contribution is -2.37. The number of hydrogen-bond acceptors (Lipinski definition) is 8. The first kappa shape index (κ1) is 78.9. The Morgan fingerprint density at radius 3 is 1.04 bits per heavy atom. The fraction of sp³-hybridized carbons (Fsp3) is 0.750. The molecule has 0 bridgehead atoms. The molecule has 10 heteroatoms. The molecule has 9 nitrogen and oxygen atoms in total. The summed E-state index contributed by atoms with van der Waals surface area (Å²) in [5.74, 6) is -0.836. The van der Waals surface area contributed by atoms with Crippen molar-refractivity contribution in [3.8, 4) is 0 Å². The van der Waals surface area contributed by atoms with Gasteiger partial charge >= 0.3 is 11.9 Å². The highest BCUT2D eigenvalue weighted by molar-refractivity contribution is 7.45. The molecule has 0 aliphatic carbocycles. The predicted octanol–water partition coefficient (Wildman–Crippen LogP) is 21.3. The number of phosphoric acid groups is 1. The number of likely N-dealkylation sites (N-methyl/N-ethyl adjacent to an activating group) is 1. The number of phosphoric ester groups is 1. The quantitative estimate of drug-likeness (QED) is 0.0195. The van der Waals surface area contributed by atoms with Crippen LogP contribution in [0.5, 0.6) is 0 Å². The van der Waals surface area contributed by atoms with E-state index in [0.29, 0.717) is 17.4 Å². The van der Waals surface area contributed by atoms with Crippen LogP contribution >= 0.6 is 7.82 Å². The van der Waals surface area contributed by atoms with E-state index in [4.69, 9.17) is 18.5 Å². The van der Waals surface area contributed by atoms with Gasteiger partial charge in [0, 0.05) is 12.8 Å². The molecule has 0 aliphatic rings. The SMILES string of the molecule is CC/C=C\C/C=C\C/C=C\C/C=C\C/C=C\C/C=C\C/C=C\C/C=C\CCCCCCCCCCC(=O)OC(COC(=O)CCCCCCCCCCCCCCCCCCCCCCCCCCC)COP(=O)([O-])OCC[N+](C)(C)C. The maximum atomic E-state index is 12.9. The highest BCUT2D eigenvalue weighted by Crippen LogP contribution is 2.38. The average molecular weight is 1170 g/mol. The Hall–Kier alpha value is -3.07. The minimum Gasteiger partial charge on any atom is -0.756 e. The van der Waals surface area contributed by atoms with Crippen molar-refractivity contribution in [3.63, 3.8) is 0 Å². The maximum absolute atomic E-state index is 12.9. The molecule has 0 fully saturated rings. The fourth-order valence-electron chi connectivity index (χ4n) is 9.44. The number of rotatable bonds is 62. The first-order valence-electron chi connectivity index (χ1n) is 33.9. The van der Waals surface area contributed by atoms with Crippen molar-refractivity contribution < 1.29 is 42.1 Å². The van der Waals surface area contributed by atoms with Crippen molar-refractivity contribution in [2.24, 2.45) is 0 Å². The van der Waals surface area contributed by atoms with Crippen molar-refractivity contribution in [1.29, 1.82) is 0 Å². The lowest BCUT2D eigenvalue weighted by Gasteiger charge is -2.28. The van der Waals surface area contributed by atoms with Crippen LogP contribution in [0.1, 0.15) is 296 Å². The van der Waals surface area contributed by atoms with Gasteiger partial charge in [-0.15, -0.1) is 0 Å². The van der Waals surface area contributed by atoms with Crippen LogP contribution in [0.2, 0.25) is 0 Å². The van der Waals surface area contributed by atoms with Gasteiger partial charge < -0.3 is 27.9 Å². The van der Waals surface area contributed by atoms with E-state index < -0.39 is 26.5 Å². The van der Waals surface area contributed by atoms with Gasteiger partial charge in [-0.3, -0.25) is 14.2 Å². The number of allylic oxidation sites excluding steroid dienone is 16. The van der Waals surface area contributed by atoms with E-state index in [-0.39, 0.29) is 32.0 Å². The van der Waals surface area contributed by atoms with Crippen molar-refractivity contribution in [1.82, 2.24) is 0 Å². The summed E-state index contributed by atoms with van der Waals surface area (Å²) in [6, 6.07) is 0. The van der Waals surface area contributed by atoms with Crippen LogP contribution in [0.25, 0.3) is 0 Å². The average Bonchev–Trinajstić information content (AvgIpc) is 3.46. The second-order valence-electron chi connectivity index (χ2n) is 23.8. The summed E-state index contributed by atoms with van der Waals surface area (Å²) in [6.45, 7) is 4.15. The third-order valence-corrected chi connectivity index (χ3v) is 15.6. The first-order valence-corrected chi connectivity index (χ1v) is 35.4. The molecule has 0 aliphatic heterocycles. The summed E-state index contributed by atoms with van der Waals surface area (Å²) < 4.78 is 34.3. The van der Waals surface area contributed by atoms with Crippen LogP contribution in [0.4, 0.5) is 0 Å². The molecule has 2 atom stereocenters. The van der Waals surface area contributed by atoms with Crippen molar-refractivity contribution in [2.75, 3.05) is 47.5 Å². The third-order valence-electron chi connectivity index (χ3n) is 14.6. The van der Waals surface area contributed by atoms with Crippen LogP contribution in [-0.4, -0.2) is 70.0 Å². The summed E-state index contributed by atoms with van der Waals surface area (Å²) in [5, 5.41) is 0. The Balaban J connectivity index is 4.11. The number of carbonyl (C=O) groups excluding carboxylic acids is 2. The predicted molar refractivity (Wildman–Crippen MR) is 351 cm³/mol. The van der Waals surface area contributed by atoms with E-state index in [9.17, 15) is 19.0 Å². The van der Waals surface area contributed by atoms with Crippen LogP contribution in [0, 0.1) is 0 Å². The van der Waals surface area contributed by atoms with E-state index in [1.165, 1.54) is 167 Å². The molecule has 0 saturated heterocycles. The summed E-state index contributed by atoms with van der Waals surface area (Å²) in [6.07, 6.45) is 86.2. The molecule has 0 rings (SSSR count). The first-order chi connectivity index (χ1) is 40.0. The van der Waals surface area contributed by atoms with Gasteiger partial charge in [0.1, 0.15) is 19.8 Å². The van der Waals surface area contributed by atoms with Crippen molar-refractivity contribution in [3.05, 3.63) is 97.2 Å². The van der Waals surface area contributed by atoms with Gasteiger partial charge in [0.25, 0.3) is 7.82 Å². The molecular weight excluding hydrogens is 1040 g/mol. The van der Waals surface area contributed by atoms with Crippen LogP contribution in [0.15, 0.2) is 97.2 Å². The zero-order valence-electron chi connectivity index (χ0n) is 53.9. The molecule has 0 aromatic heterocycles. The minimum atomic E-state index is -4.65. The topological polar surface area (TPSA) is 111 Å². The second-order valence-corrected chi connectivity index (χ2v) is 25.2. The lowest BCUT2D eigenvalue weighted by molar-refractivity contribution is -0.870. The van der Waals surface area contributed by atoms with Crippen LogP contribution < -0.4 is 4.89 Å². The number of ether oxygens (including phenoxy) is 2. The van der Waals surface area contributed by atoms with E-state index >= 15 is 0 Å². The largest absolute Gasteiger partial charge is 0.756 e. The molecule has 0 heterocycles. The molecule has 0 aromatic carbocycles. The van der Waals surface area contributed by atoms with Gasteiger partial charge in [0.15, 0.2) is 6.10 Å². The maximum Gasteiger partial charge on any atom is 0.306 e. The number of nitrogens with zero attached hydrogens (tertiary/aromatic N) is 1. The summed E-state index contributed by atoms with van der Waals surface area (Å²) in [5.41, 5.74) is 0. The zero-order valence-corrected chi connectivity index (χ0v) is 54.8. The molecule has 0 aromatic rings. The smallest absolute Gasteiger partial charge is 0.306 e. The summed E-state index contributed by atoms with van der Waals surface area (Å²) in [4.78, 5) is 38.0. The Kier molecular flexibility index (Phi) is 60.1. The van der Waals surface area contributed by atoms with Gasteiger partial charge in [-0.05, 0) is 77.0 Å². The van der Waals surface area contributed by atoms with Gasteiger partial charge in [-0.2, -0.15) is 0 Å². The van der Waals surface area contributed by atoms with E-state index in [2.05, 4.69) is 111 Å². The van der Waals surface area contributed by atoms with Gasteiger partial charge in [-0.25, -0.2) is 0 Å². The number of unbranched alkanes of at least 4 members (excludes halogenated alkanes) is 32. The fourth-order valence-corrected chi connectivity index (χ4v) is 10.2. The zero-order chi connectivity index (χ0) is 59.8. The van der Waals surface area contributed by atoms with E-state index in [1.807, 2.05) is 21.1 Å². The molecule has 0 spiro atoms. The Labute approximate surface area is 506 Å². The summed E-state index contributed by atoms with van der Waals surface area (Å²) >= 11 is 0. The molecule has 474 valence electrons. The minimum absolute atomic E-state index is 0.0353. The Morgan fingerprint density at radius 1 is 0.390 bits per heavy atom. The highest BCUT2D eigenvalue weighted by Gasteiger charge is 2.22. The van der Waals surface area contributed by atoms with E-state index in [0.717, 1.165) is 96.3 Å². The monoisotopic (exact) mass is 1170 g/mol. The second kappa shape index (κ2) is 62.5. The third kappa shape index (κ3) is 66.1. The molecule has 0 saturated carbocycles. The number of esters is 2. The van der Waals surface area contributed by atoms with Gasteiger partial charge in [-0.1, -0.05) is 304 Å². The molecule has 0 amide bonds. The molecule has 82 heavy (non-hydrogen) atoms. The molecule has 0 radical (unpaired) electrons. The number of hydrogen-bond donors (Lipinski definition) is 0. The molecular formula is C72H128NO8P. The number of quaternary nitrogens is 1. The molecule has 0 N–H and O–H groups in total. The van der Waals surface area contributed by atoms with Crippen LogP contribution in [-0.2, 0) is 32.7 Å².